The summed E-state index contributed by atoms with van der Waals surface area (Å²) in [5.41, 5.74) is 7.29. The third kappa shape index (κ3) is 3.04. The van der Waals surface area contributed by atoms with Crippen LogP contribution in [0.2, 0.25) is 0 Å². The van der Waals surface area contributed by atoms with E-state index in [1.54, 1.807) is 24.5 Å². The second kappa shape index (κ2) is 6.97. The molecule has 0 saturated heterocycles. The molecule has 5 heteroatoms. The highest BCUT2D eigenvalue weighted by molar-refractivity contribution is 5.97. The summed E-state index contributed by atoms with van der Waals surface area (Å²) in [5, 5.41) is 14.4. The lowest BCUT2D eigenvalue weighted by Gasteiger charge is -2.49. The fourth-order valence-corrected chi connectivity index (χ4v) is 6.22. The number of aromatic nitrogens is 1. The van der Waals surface area contributed by atoms with E-state index in [9.17, 15) is 9.90 Å². The van der Waals surface area contributed by atoms with Crippen molar-refractivity contribution in [3.05, 3.63) is 59.4 Å². The number of nitrogens with zero attached hydrogens (tertiary/aromatic N) is 2. The number of phenols is 1. The van der Waals surface area contributed by atoms with Crippen molar-refractivity contribution in [2.75, 3.05) is 0 Å². The number of carbonyl (C=O) groups excluding carboxylic acids is 1. The Morgan fingerprint density at radius 3 is 2.97 bits per heavy atom. The number of benzene rings is 1. The lowest BCUT2D eigenvalue weighted by molar-refractivity contribution is 0.0930. The first kappa shape index (κ1) is 18.3. The van der Waals surface area contributed by atoms with Crippen LogP contribution in [0.5, 0.6) is 5.75 Å². The van der Waals surface area contributed by atoms with Crippen LogP contribution < -0.4 is 5.43 Å². The topological polar surface area (TPSA) is 74.6 Å². The van der Waals surface area contributed by atoms with Crippen LogP contribution in [0.1, 0.15) is 66.4 Å². The maximum atomic E-state index is 12.4. The van der Waals surface area contributed by atoms with E-state index in [0.717, 1.165) is 37.8 Å². The molecule has 150 valence electrons. The van der Waals surface area contributed by atoms with Crippen LogP contribution >= 0.6 is 0 Å². The Hall–Kier alpha value is -2.69. The molecule has 2 N–H and O–H groups in total. The summed E-state index contributed by atoms with van der Waals surface area (Å²) in [4.78, 5) is 16.4. The third-order valence-corrected chi connectivity index (χ3v) is 7.67. The van der Waals surface area contributed by atoms with Gasteiger partial charge in [0.25, 0.3) is 5.91 Å². The van der Waals surface area contributed by atoms with Gasteiger partial charge in [0.1, 0.15) is 5.75 Å². The summed E-state index contributed by atoms with van der Waals surface area (Å²) >= 11 is 0. The second-order valence-corrected chi connectivity index (χ2v) is 9.03. The molecule has 29 heavy (non-hydrogen) atoms. The van der Waals surface area contributed by atoms with Crippen molar-refractivity contribution in [3.8, 4) is 5.75 Å². The minimum absolute atomic E-state index is 0.0673. The maximum absolute atomic E-state index is 12.4. The van der Waals surface area contributed by atoms with Crippen molar-refractivity contribution in [1.82, 2.24) is 10.4 Å². The Kier molecular flexibility index (Phi) is 4.41. The fraction of sp³-hybridized carbons (Fsp3) is 0.458. The molecule has 2 fully saturated rings. The van der Waals surface area contributed by atoms with E-state index < -0.39 is 0 Å². The molecule has 3 aliphatic carbocycles. The van der Waals surface area contributed by atoms with Gasteiger partial charge >= 0.3 is 0 Å². The molecular weight excluding hydrogens is 362 g/mol. The average molecular weight is 389 g/mol. The first-order chi connectivity index (χ1) is 14.1. The molecule has 2 saturated carbocycles. The number of aryl methyl sites for hydroxylation is 1. The van der Waals surface area contributed by atoms with Crippen LogP contribution in [0.3, 0.4) is 0 Å². The smallest absolute Gasteiger partial charge is 0.272 e. The van der Waals surface area contributed by atoms with E-state index in [2.05, 4.69) is 28.5 Å². The summed E-state index contributed by atoms with van der Waals surface area (Å²) in [7, 11) is 0. The zero-order valence-electron chi connectivity index (χ0n) is 16.8. The number of amides is 1. The van der Waals surface area contributed by atoms with Gasteiger partial charge in [-0.05, 0) is 91.7 Å². The normalized spacial score (nSPS) is 31.6. The lowest BCUT2D eigenvalue weighted by Crippen LogP contribution is -2.43. The molecule has 0 unspecified atom stereocenters. The molecule has 0 bridgehead atoms. The van der Waals surface area contributed by atoms with Gasteiger partial charge in [0.05, 0.1) is 5.56 Å². The van der Waals surface area contributed by atoms with Gasteiger partial charge in [-0.2, -0.15) is 5.10 Å². The van der Waals surface area contributed by atoms with Crippen molar-refractivity contribution in [3.63, 3.8) is 0 Å². The highest BCUT2D eigenvalue weighted by Crippen LogP contribution is 2.59. The molecule has 0 radical (unpaired) electrons. The zero-order chi connectivity index (χ0) is 20.0. The number of phenolic OH excluding ortho intramolecular Hbond substituents is 1. The van der Waals surface area contributed by atoms with Gasteiger partial charge in [0, 0.05) is 23.5 Å². The van der Waals surface area contributed by atoms with E-state index >= 15 is 0 Å². The molecule has 1 heterocycles. The van der Waals surface area contributed by atoms with Crippen molar-refractivity contribution < 1.29 is 9.90 Å². The minimum Gasteiger partial charge on any atom is -0.508 e. The van der Waals surface area contributed by atoms with Gasteiger partial charge in [-0.25, -0.2) is 5.43 Å². The van der Waals surface area contributed by atoms with Crippen molar-refractivity contribution in [2.45, 2.75) is 51.4 Å². The van der Waals surface area contributed by atoms with Gasteiger partial charge in [0.2, 0.25) is 0 Å². The van der Waals surface area contributed by atoms with Gasteiger partial charge in [-0.3, -0.25) is 9.78 Å². The summed E-state index contributed by atoms with van der Waals surface area (Å²) < 4.78 is 0. The lowest BCUT2D eigenvalue weighted by atomic mass is 9.55. The number of fused-ring (bicyclic) bond motifs is 5. The molecule has 0 aliphatic heterocycles. The van der Waals surface area contributed by atoms with Crippen LogP contribution in [0, 0.1) is 17.3 Å². The minimum atomic E-state index is -0.197. The van der Waals surface area contributed by atoms with Gasteiger partial charge in [-0.15, -0.1) is 0 Å². The van der Waals surface area contributed by atoms with E-state index in [-0.39, 0.29) is 11.3 Å². The van der Waals surface area contributed by atoms with E-state index in [1.165, 1.54) is 17.5 Å². The molecule has 4 atom stereocenters. The molecule has 1 aromatic carbocycles. The Morgan fingerprint density at radius 1 is 1.24 bits per heavy atom. The van der Waals surface area contributed by atoms with Crippen LogP contribution in [0.15, 0.2) is 47.8 Å². The van der Waals surface area contributed by atoms with E-state index in [1.807, 2.05) is 12.1 Å². The molecule has 3 aliphatic rings. The molecular formula is C24H27N3O2. The number of hydrogen-bond donors (Lipinski definition) is 2. The fourth-order valence-electron chi connectivity index (χ4n) is 6.22. The highest BCUT2D eigenvalue weighted by Gasteiger charge is 2.53. The van der Waals surface area contributed by atoms with Crippen molar-refractivity contribution in [2.24, 2.45) is 22.4 Å². The molecule has 1 amide bonds. The predicted molar refractivity (Wildman–Crippen MR) is 112 cm³/mol. The molecule has 5 rings (SSSR count). The third-order valence-electron chi connectivity index (χ3n) is 7.67. The Bertz CT molecular complexity index is 971. The van der Waals surface area contributed by atoms with Crippen LogP contribution in [-0.4, -0.2) is 21.7 Å². The van der Waals surface area contributed by atoms with Crippen LogP contribution in [0.4, 0.5) is 0 Å². The number of aromatic hydroxyl groups is 1. The van der Waals surface area contributed by atoms with Crippen molar-refractivity contribution >= 4 is 11.6 Å². The van der Waals surface area contributed by atoms with Gasteiger partial charge in [0.15, 0.2) is 0 Å². The summed E-state index contributed by atoms with van der Waals surface area (Å²) in [6, 6.07) is 9.45. The monoisotopic (exact) mass is 389 g/mol. The maximum Gasteiger partial charge on any atom is 0.272 e. The summed E-state index contributed by atoms with van der Waals surface area (Å²) in [6.45, 7) is 2.35. The summed E-state index contributed by atoms with van der Waals surface area (Å²) in [6.07, 6.45) is 9.79. The van der Waals surface area contributed by atoms with Crippen molar-refractivity contribution in [1.29, 1.82) is 0 Å². The average Bonchev–Trinajstić information content (AvgIpc) is 3.08. The first-order valence-corrected chi connectivity index (χ1v) is 10.7. The SMILES string of the molecule is C[C@]12CC[C@@H]3c4ccc(O)cc4CC[C@@H]3[C@@H]1CC/C2=N\NC(=O)c1cccnc1. The molecule has 5 nitrogen and oxygen atoms in total. The quantitative estimate of drug-likeness (QED) is 0.746. The van der Waals surface area contributed by atoms with Crippen LogP contribution in [0.25, 0.3) is 0 Å². The number of hydrazone groups is 1. The van der Waals surface area contributed by atoms with E-state index in [0.29, 0.717) is 29.1 Å². The Morgan fingerprint density at radius 2 is 2.14 bits per heavy atom. The highest BCUT2D eigenvalue weighted by atomic mass is 16.3. The molecule has 2 aromatic rings. The number of pyridine rings is 1. The molecule has 0 spiro atoms. The standard InChI is InChI=1S/C24H27N3O2/c1-24-11-10-19-18-7-5-17(28)13-15(18)4-6-20(19)21(24)8-9-22(24)26-27-23(29)16-3-2-12-25-14-16/h2-3,5,7,12-14,19-21,28H,4,6,8-11H2,1H3,(H,27,29)/b26-22+/t19-,20+,21+,24+/m1/s1. The number of rotatable bonds is 2. The number of nitrogens with one attached hydrogen (secondary N) is 1. The first-order valence-electron chi connectivity index (χ1n) is 10.7. The summed E-state index contributed by atoms with van der Waals surface area (Å²) in [5.74, 6) is 2.03. The number of hydrogen-bond acceptors (Lipinski definition) is 4. The predicted octanol–water partition coefficient (Wildman–Crippen LogP) is 4.43. The molecule has 1 aromatic heterocycles. The van der Waals surface area contributed by atoms with Crippen LogP contribution in [-0.2, 0) is 6.42 Å². The second-order valence-electron chi connectivity index (χ2n) is 9.03. The largest absolute Gasteiger partial charge is 0.508 e. The number of carbonyl (C=O) groups is 1. The Balaban J connectivity index is 1.36. The Labute approximate surface area is 171 Å². The van der Waals surface area contributed by atoms with E-state index in [4.69, 9.17) is 0 Å². The zero-order valence-corrected chi connectivity index (χ0v) is 16.8. The van der Waals surface area contributed by atoms with Gasteiger partial charge in [-0.1, -0.05) is 13.0 Å². The van der Waals surface area contributed by atoms with Gasteiger partial charge < -0.3 is 5.11 Å².